The van der Waals surface area contributed by atoms with E-state index in [9.17, 15) is 0 Å². The van der Waals surface area contributed by atoms with Gasteiger partial charge in [-0.2, -0.15) is 0 Å². The molecule has 0 aromatic heterocycles. The van der Waals surface area contributed by atoms with Crippen LogP contribution in [0.4, 0.5) is 11.4 Å². The third-order valence-corrected chi connectivity index (χ3v) is 2.58. The predicted octanol–water partition coefficient (Wildman–Crippen LogP) is 3.72. The van der Waals surface area contributed by atoms with Crippen molar-refractivity contribution >= 4 is 17.2 Å². The minimum atomic E-state index is 0.986. The van der Waals surface area contributed by atoms with Crippen molar-refractivity contribution in [2.24, 2.45) is 4.99 Å². The zero-order valence-electron chi connectivity index (χ0n) is 9.45. The Morgan fingerprint density at radius 3 is 2.60 bits per heavy atom. The number of para-hydroxylation sites is 1. The van der Waals surface area contributed by atoms with Crippen LogP contribution in [0, 0.1) is 0 Å². The van der Waals surface area contributed by atoms with E-state index in [2.05, 4.69) is 42.4 Å². The Hall–Kier alpha value is -1.31. The molecule has 0 spiro atoms. The molecule has 1 aromatic carbocycles. The summed E-state index contributed by atoms with van der Waals surface area (Å²) in [5, 5.41) is 4.53. The van der Waals surface area contributed by atoms with Crippen molar-refractivity contribution in [2.45, 2.75) is 39.5 Å². The average Bonchev–Trinajstić information content (AvgIpc) is 2.62. The first-order valence-corrected chi connectivity index (χ1v) is 5.76. The van der Waals surface area contributed by atoms with Gasteiger partial charge in [-0.1, -0.05) is 32.4 Å². The van der Waals surface area contributed by atoms with E-state index in [4.69, 9.17) is 0 Å². The molecule has 2 nitrogen and oxygen atoms in total. The second-order valence-corrected chi connectivity index (χ2v) is 3.92. The van der Waals surface area contributed by atoms with Gasteiger partial charge in [-0.3, -0.25) is 0 Å². The van der Waals surface area contributed by atoms with Gasteiger partial charge in [0, 0.05) is 6.42 Å². The van der Waals surface area contributed by atoms with Crippen molar-refractivity contribution in [2.75, 3.05) is 0 Å². The maximum atomic E-state index is 4.61. The highest BCUT2D eigenvalue weighted by atomic mass is 15.1. The van der Waals surface area contributed by atoms with Gasteiger partial charge >= 0.3 is 0 Å². The molecule has 2 rings (SSSR count). The maximum Gasteiger partial charge on any atom is 0.129 e. The molecule has 0 saturated carbocycles. The first-order valence-electron chi connectivity index (χ1n) is 5.76. The largest absolute Gasteiger partial charge is 0.231 e. The van der Waals surface area contributed by atoms with Crippen molar-refractivity contribution in [1.29, 1.82) is 0 Å². The number of aryl methyl sites for hydroxylation is 1. The molecule has 1 aliphatic rings. The fourth-order valence-electron chi connectivity index (χ4n) is 1.90. The third kappa shape index (κ3) is 2.04. The van der Waals surface area contributed by atoms with E-state index in [-0.39, 0.29) is 0 Å². The van der Waals surface area contributed by atoms with Crippen LogP contribution in [0.15, 0.2) is 23.2 Å². The van der Waals surface area contributed by atoms with Crippen LogP contribution in [-0.2, 0) is 6.42 Å². The quantitative estimate of drug-likeness (QED) is 0.709. The Kier molecular flexibility index (Phi) is 3.05. The Bertz CT molecular complexity index is 380. The van der Waals surface area contributed by atoms with Crippen LogP contribution in [0.3, 0.4) is 0 Å². The lowest BCUT2D eigenvalue weighted by molar-refractivity contribution is 0.922. The van der Waals surface area contributed by atoms with Crippen molar-refractivity contribution < 1.29 is 0 Å². The van der Waals surface area contributed by atoms with E-state index in [0.29, 0.717) is 0 Å². The summed E-state index contributed by atoms with van der Waals surface area (Å²) in [6, 6.07) is 6.30. The van der Waals surface area contributed by atoms with Gasteiger partial charge in [-0.25, -0.2) is 10.3 Å². The molecule has 1 radical (unpaired) electrons. The normalized spacial score (nSPS) is 13.3. The average molecular weight is 201 g/mol. The zero-order valence-corrected chi connectivity index (χ0v) is 9.45. The molecule has 79 valence electrons. The lowest BCUT2D eigenvalue weighted by atomic mass is 10.1. The zero-order chi connectivity index (χ0) is 10.7. The number of hydrogen-bond donors (Lipinski definition) is 0. The van der Waals surface area contributed by atoms with E-state index in [1.807, 2.05) is 0 Å². The number of hydrogen-bond acceptors (Lipinski definition) is 1. The number of benzene rings is 1. The molecule has 0 atom stereocenters. The maximum absolute atomic E-state index is 4.61. The SMILES string of the molecule is CCCC1=Nc2c(CCC)cccc2[N]1. The van der Waals surface area contributed by atoms with Crippen LogP contribution in [-0.4, -0.2) is 5.84 Å². The van der Waals surface area contributed by atoms with Crippen molar-refractivity contribution in [3.05, 3.63) is 23.8 Å². The topological polar surface area (TPSA) is 26.5 Å². The molecule has 1 aliphatic heterocycles. The summed E-state index contributed by atoms with van der Waals surface area (Å²) in [5.41, 5.74) is 3.51. The van der Waals surface area contributed by atoms with Crippen LogP contribution in [0.1, 0.15) is 38.7 Å². The molecular weight excluding hydrogens is 184 g/mol. The monoisotopic (exact) mass is 201 g/mol. The fraction of sp³-hybridized carbons (Fsp3) is 0.462. The second-order valence-electron chi connectivity index (χ2n) is 3.92. The van der Waals surface area contributed by atoms with Crippen LogP contribution in [0.5, 0.6) is 0 Å². The Balaban J connectivity index is 2.28. The molecule has 0 aliphatic carbocycles. The fourth-order valence-corrected chi connectivity index (χ4v) is 1.90. The van der Waals surface area contributed by atoms with Crippen molar-refractivity contribution in [3.63, 3.8) is 0 Å². The molecule has 1 aromatic rings. The molecule has 15 heavy (non-hydrogen) atoms. The summed E-state index contributed by atoms with van der Waals surface area (Å²) in [5.74, 6) is 0.996. The summed E-state index contributed by atoms with van der Waals surface area (Å²) < 4.78 is 0. The summed E-state index contributed by atoms with van der Waals surface area (Å²) in [6.07, 6.45) is 4.36. The number of rotatable bonds is 4. The van der Waals surface area contributed by atoms with E-state index in [1.54, 1.807) is 0 Å². The van der Waals surface area contributed by atoms with Crippen LogP contribution in [0.2, 0.25) is 0 Å². The third-order valence-electron chi connectivity index (χ3n) is 2.58. The summed E-state index contributed by atoms with van der Waals surface area (Å²) >= 11 is 0. The molecule has 1 heterocycles. The molecule has 0 N–H and O–H groups in total. The lowest BCUT2D eigenvalue weighted by Gasteiger charge is -2.02. The van der Waals surface area contributed by atoms with Crippen molar-refractivity contribution in [3.8, 4) is 0 Å². The van der Waals surface area contributed by atoms with Crippen LogP contribution < -0.4 is 5.32 Å². The van der Waals surface area contributed by atoms with Crippen LogP contribution >= 0.6 is 0 Å². The van der Waals surface area contributed by atoms with Gasteiger partial charge in [-0.05, 0) is 24.5 Å². The Morgan fingerprint density at radius 1 is 1.07 bits per heavy atom. The molecule has 0 fully saturated rings. The van der Waals surface area contributed by atoms with Gasteiger partial charge in [0.1, 0.15) is 5.84 Å². The minimum absolute atomic E-state index is 0.986. The lowest BCUT2D eigenvalue weighted by Crippen LogP contribution is -2.04. The van der Waals surface area contributed by atoms with E-state index < -0.39 is 0 Å². The first-order chi connectivity index (χ1) is 7.35. The highest BCUT2D eigenvalue weighted by Gasteiger charge is 2.17. The van der Waals surface area contributed by atoms with E-state index in [1.165, 1.54) is 5.56 Å². The summed E-state index contributed by atoms with van der Waals surface area (Å²) in [4.78, 5) is 4.61. The van der Waals surface area contributed by atoms with Gasteiger partial charge in [0.15, 0.2) is 0 Å². The van der Waals surface area contributed by atoms with Gasteiger partial charge < -0.3 is 0 Å². The number of nitrogens with zero attached hydrogens (tertiary/aromatic N) is 2. The van der Waals surface area contributed by atoms with Gasteiger partial charge in [0.2, 0.25) is 0 Å². The van der Waals surface area contributed by atoms with Crippen molar-refractivity contribution in [1.82, 2.24) is 5.32 Å². The Morgan fingerprint density at radius 2 is 1.87 bits per heavy atom. The molecule has 0 saturated heterocycles. The molecular formula is C13H17N2. The standard InChI is InChI=1S/C13H17N2/c1-3-6-10-8-5-9-11-13(10)15-12(14-11)7-4-2/h5,8-9H,3-4,6-7H2,1-2H3. The molecule has 0 unspecified atom stereocenters. The van der Waals surface area contributed by atoms with E-state index in [0.717, 1.165) is 42.9 Å². The number of fused-ring (bicyclic) bond motifs is 1. The molecule has 0 amide bonds. The number of aliphatic imine (C=N–C) groups is 1. The highest BCUT2D eigenvalue weighted by Crippen LogP contribution is 2.35. The highest BCUT2D eigenvalue weighted by molar-refractivity contribution is 5.96. The van der Waals surface area contributed by atoms with E-state index >= 15 is 0 Å². The first kappa shape index (κ1) is 10.2. The van der Waals surface area contributed by atoms with Gasteiger partial charge in [0.25, 0.3) is 0 Å². The minimum Gasteiger partial charge on any atom is -0.231 e. The molecule has 2 heteroatoms. The van der Waals surface area contributed by atoms with Crippen LogP contribution in [0.25, 0.3) is 0 Å². The Labute approximate surface area is 91.4 Å². The number of amidine groups is 1. The van der Waals surface area contributed by atoms with Gasteiger partial charge in [-0.15, -0.1) is 0 Å². The second kappa shape index (κ2) is 4.47. The van der Waals surface area contributed by atoms with Gasteiger partial charge in [0.05, 0.1) is 11.4 Å². The summed E-state index contributed by atoms with van der Waals surface area (Å²) in [7, 11) is 0. The summed E-state index contributed by atoms with van der Waals surface area (Å²) in [6.45, 7) is 4.36. The smallest absolute Gasteiger partial charge is 0.129 e. The predicted molar refractivity (Wildman–Crippen MR) is 64.2 cm³/mol. The molecule has 0 bridgehead atoms.